The number of carbonyl (C=O) groups excluding carboxylic acids is 1. The summed E-state index contributed by atoms with van der Waals surface area (Å²) >= 11 is 1.72. The van der Waals surface area contributed by atoms with Crippen molar-refractivity contribution in [2.45, 2.75) is 57.7 Å². The zero-order valence-corrected chi connectivity index (χ0v) is 16.9. The van der Waals surface area contributed by atoms with Crippen LogP contribution in [0.15, 0.2) is 29.6 Å². The Kier molecular flexibility index (Phi) is 4.55. The quantitative estimate of drug-likeness (QED) is 0.713. The van der Waals surface area contributed by atoms with Gasteiger partial charge in [0.1, 0.15) is 5.82 Å². The predicted molar refractivity (Wildman–Crippen MR) is 110 cm³/mol. The molecule has 0 bridgehead atoms. The first kappa shape index (κ1) is 17.7. The fraction of sp³-hybridized carbons (Fsp3) is 0.476. The van der Waals surface area contributed by atoms with E-state index in [1.54, 1.807) is 11.3 Å². The van der Waals surface area contributed by atoms with Crippen molar-refractivity contribution >= 4 is 27.5 Å². The van der Waals surface area contributed by atoms with Crippen LogP contribution in [0.25, 0.3) is 10.1 Å². The summed E-state index contributed by atoms with van der Waals surface area (Å²) in [4.78, 5) is 14.8. The fourth-order valence-corrected chi connectivity index (χ4v) is 5.58. The van der Waals surface area contributed by atoms with Gasteiger partial charge in [-0.1, -0.05) is 31.0 Å². The van der Waals surface area contributed by atoms with E-state index in [2.05, 4.69) is 44.5 Å². The van der Waals surface area contributed by atoms with Gasteiger partial charge in [-0.2, -0.15) is 0 Å². The molecule has 28 heavy (non-hydrogen) atoms. The number of hydrogen-bond donors (Lipinski definition) is 1. The normalized spacial score (nSPS) is 19.9. The molecule has 1 N–H and O–H groups in total. The summed E-state index contributed by atoms with van der Waals surface area (Å²) in [5.74, 6) is 2.59. The van der Waals surface area contributed by atoms with Gasteiger partial charge in [0, 0.05) is 30.3 Å². The minimum absolute atomic E-state index is 0.0283. The van der Waals surface area contributed by atoms with Crippen molar-refractivity contribution in [3.05, 3.63) is 46.9 Å². The molecule has 0 saturated heterocycles. The Labute approximate surface area is 168 Å². The van der Waals surface area contributed by atoms with Gasteiger partial charge in [-0.05, 0) is 42.2 Å². The van der Waals surface area contributed by atoms with Crippen molar-refractivity contribution < 1.29 is 4.79 Å². The molecule has 7 heteroatoms. The summed E-state index contributed by atoms with van der Waals surface area (Å²) in [6.07, 6.45) is 5.00. The van der Waals surface area contributed by atoms with E-state index in [-0.39, 0.29) is 12.1 Å². The number of nitrogens with zero attached hydrogens (tertiary/aromatic N) is 4. The summed E-state index contributed by atoms with van der Waals surface area (Å²) in [7, 11) is 0. The van der Waals surface area contributed by atoms with E-state index in [0.29, 0.717) is 19.0 Å². The van der Waals surface area contributed by atoms with Crippen LogP contribution >= 0.6 is 11.3 Å². The number of fused-ring (bicyclic) bond motifs is 2. The van der Waals surface area contributed by atoms with Crippen LogP contribution in [0.5, 0.6) is 0 Å². The van der Waals surface area contributed by atoms with Gasteiger partial charge in [-0.25, -0.2) is 4.79 Å². The highest BCUT2D eigenvalue weighted by Gasteiger charge is 2.33. The van der Waals surface area contributed by atoms with Crippen LogP contribution in [0.3, 0.4) is 0 Å². The lowest BCUT2D eigenvalue weighted by Crippen LogP contribution is -2.46. The predicted octanol–water partition coefficient (Wildman–Crippen LogP) is 4.44. The maximum Gasteiger partial charge on any atom is 0.318 e. The Hall–Kier alpha value is -2.41. The van der Waals surface area contributed by atoms with Gasteiger partial charge in [-0.3, -0.25) is 0 Å². The number of carbonyl (C=O) groups is 1. The molecule has 6 nitrogen and oxygen atoms in total. The van der Waals surface area contributed by atoms with Crippen molar-refractivity contribution in [2.24, 2.45) is 0 Å². The van der Waals surface area contributed by atoms with Crippen LogP contribution < -0.4 is 5.32 Å². The molecule has 1 aliphatic heterocycles. The molecule has 0 radical (unpaired) electrons. The van der Waals surface area contributed by atoms with Crippen LogP contribution in [0, 0.1) is 0 Å². The van der Waals surface area contributed by atoms with E-state index >= 15 is 0 Å². The number of aromatic nitrogens is 3. The summed E-state index contributed by atoms with van der Waals surface area (Å²) in [6.45, 7) is 4.08. The topological polar surface area (TPSA) is 63.1 Å². The average Bonchev–Trinajstić information content (AvgIpc) is 3.45. The van der Waals surface area contributed by atoms with Gasteiger partial charge in [0.2, 0.25) is 0 Å². The molecular weight excluding hydrogens is 370 g/mol. The third-order valence-electron chi connectivity index (χ3n) is 6.19. The largest absolute Gasteiger partial charge is 0.334 e. The Balaban J connectivity index is 1.28. The van der Waals surface area contributed by atoms with Crippen molar-refractivity contribution in [1.82, 2.24) is 25.0 Å². The van der Waals surface area contributed by atoms with Crippen LogP contribution in [-0.2, 0) is 13.1 Å². The molecule has 1 aliphatic carbocycles. The zero-order chi connectivity index (χ0) is 19.1. The molecule has 2 aromatic heterocycles. The summed E-state index contributed by atoms with van der Waals surface area (Å²) < 4.78 is 3.52. The highest BCUT2D eigenvalue weighted by molar-refractivity contribution is 7.17. The SMILES string of the molecule is CC1c2nnc(C3CCCC3)n2CCN1C(=O)NCc1csc2ccccc12. The second kappa shape index (κ2) is 7.20. The second-order valence-corrected chi connectivity index (χ2v) is 8.75. The van der Waals surface area contributed by atoms with Gasteiger partial charge >= 0.3 is 6.03 Å². The second-order valence-electron chi connectivity index (χ2n) is 7.83. The summed E-state index contributed by atoms with van der Waals surface area (Å²) in [5.41, 5.74) is 1.17. The zero-order valence-electron chi connectivity index (χ0n) is 16.1. The molecule has 2 amide bonds. The van der Waals surface area contributed by atoms with Gasteiger partial charge in [0.05, 0.1) is 6.04 Å². The number of rotatable bonds is 3. The first-order chi connectivity index (χ1) is 13.7. The lowest BCUT2D eigenvalue weighted by atomic mass is 10.1. The Morgan fingerprint density at radius 2 is 1.96 bits per heavy atom. The Bertz CT molecular complexity index is 1000. The van der Waals surface area contributed by atoms with Gasteiger partial charge in [-0.15, -0.1) is 21.5 Å². The molecule has 1 aromatic carbocycles. The van der Waals surface area contributed by atoms with E-state index in [1.165, 1.54) is 41.3 Å². The van der Waals surface area contributed by atoms with Crippen LogP contribution in [0.2, 0.25) is 0 Å². The van der Waals surface area contributed by atoms with E-state index in [0.717, 1.165) is 18.2 Å². The molecule has 3 aromatic rings. The van der Waals surface area contributed by atoms with Crippen LogP contribution in [0.4, 0.5) is 4.79 Å². The number of hydrogen-bond acceptors (Lipinski definition) is 4. The summed E-state index contributed by atoms with van der Waals surface area (Å²) in [6, 6.07) is 8.24. The third-order valence-corrected chi connectivity index (χ3v) is 7.20. The van der Waals surface area contributed by atoms with Crippen LogP contribution in [-0.4, -0.2) is 32.2 Å². The summed E-state index contributed by atoms with van der Waals surface area (Å²) in [5, 5.41) is 15.4. The van der Waals surface area contributed by atoms with Crippen molar-refractivity contribution in [3.8, 4) is 0 Å². The molecule has 0 spiro atoms. The first-order valence-electron chi connectivity index (χ1n) is 10.1. The minimum atomic E-state index is -0.0596. The Morgan fingerprint density at radius 1 is 1.18 bits per heavy atom. The highest BCUT2D eigenvalue weighted by atomic mass is 32.1. The molecule has 1 atom stereocenters. The highest BCUT2D eigenvalue weighted by Crippen LogP contribution is 2.35. The van der Waals surface area contributed by atoms with Gasteiger partial charge in [0.15, 0.2) is 5.82 Å². The van der Waals surface area contributed by atoms with Crippen molar-refractivity contribution in [3.63, 3.8) is 0 Å². The molecule has 1 saturated carbocycles. The molecule has 3 heterocycles. The van der Waals surface area contributed by atoms with Crippen LogP contribution in [0.1, 0.15) is 61.8 Å². The van der Waals surface area contributed by atoms with E-state index in [1.807, 2.05) is 17.0 Å². The van der Waals surface area contributed by atoms with Gasteiger partial charge < -0.3 is 14.8 Å². The van der Waals surface area contributed by atoms with Crippen molar-refractivity contribution in [2.75, 3.05) is 6.54 Å². The smallest absolute Gasteiger partial charge is 0.318 e. The maximum absolute atomic E-state index is 12.9. The molecule has 5 rings (SSSR count). The number of nitrogens with one attached hydrogen (secondary N) is 1. The first-order valence-corrected chi connectivity index (χ1v) is 11.0. The van der Waals surface area contributed by atoms with E-state index in [9.17, 15) is 4.79 Å². The lowest BCUT2D eigenvalue weighted by Gasteiger charge is -2.34. The maximum atomic E-state index is 12.9. The third kappa shape index (κ3) is 2.98. The lowest BCUT2D eigenvalue weighted by molar-refractivity contribution is 0.158. The molecule has 1 fully saturated rings. The molecule has 1 unspecified atom stereocenters. The number of thiophene rings is 1. The van der Waals surface area contributed by atoms with Crippen molar-refractivity contribution in [1.29, 1.82) is 0 Å². The van der Waals surface area contributed by atoms with E-state index in [4.69, 9.17) is 0 Å². The number of urea groups is 1. The standard InChI is InChI=1S/C21H25N5OS/c1-14-19-23-24-20(15-6-2-3-7-15)26(19)11-10-25(14)21(27)22-12-16-13-28-18-9-5-4-8-17(16)18/h4-5,8-9,13-15H,2-3,6-7,10-12H2,1H3,(H,22,27). The fourth-order valence-electron chi connectivity index (χ4n) is 4.61. The molecule has 2 aliphatic rings. The minimum Gasteiger partial charge on any atom is -0.334 e. The average molecular weight is 396 g/mol. The molecule has 146 valence electrons. The monoisotopic (exact) mass is 395 g/mol. The van der Waals surface area contributed by atoms with Gasteiger partial charge in [0.25, 0.3) is 0 Å². The number of amides is 2. The van der Waals surface area contributed by atoms with E-state index < -0.39 is 0 Å². The molecular formula is C21H25N5OS. The number of benzene rings is 1. The Morgan fingerprint density at radius 3 is 2.82 bits per heavy atom.